The predicted molar refractivity (Wildman–Crippen MR) is 118 cm³/mol. The Hall–Kier alpha value is -2.31. The van der Waals surface area contributed by atoms with Crippen molar-refractivity contribution in [3.8, 4) is 11.5 Å². The summed E-state index contributed by atoms with van der Waals surface area (Å²) in [5.74, 6) is -0.205. The third-order valence-electron chi connectivity index (χ3n) is 5.60. The van der Waals surface area contributed by atoms with Gasteiger partial charge in [-0.25, -0.2) is 0 Å². The zero-order chi connectivity index (χ0) is 22.6. The van der Waals surface area contributed by atoms with Gasteiger partial charge in [0.2, 0.25) is 0 Å². The van der Waals surface area contributed by atoms with Crippen LogP contribution in [0.5, 0.6) is 11.5 Å². The first kappa shape index (κ1) is 24.0. The lowest BCUT2D eigenvalue weighted by Gasteiger charge is -2.18. The molecule has 0 radical (unpaired) electrons. The number of ether oxygens (including phenoxy) is 1. The van der Waals surface area contributed by atoms with E-state index in [1.54, 1.807) is 20.8 Å². The topological polar surface area (TPSA) is 99.4 Å². The largest absolute Gasteiger partial charge is 0.507 e. The Labute approximate surface area is 182 Å². The van der Waals surface area contributed by atoms with E-state index in [2.05, 4.69) is 11.2 Å². The average molecular weight is 436 g/mol. The van der Waals surface area contributed by atoms with Crippen LogP contribution in [0.25, 0.3) is 0 Å². The maximum absolute atomic E-state index is 11.9. The van der Waals surface area contributed by atoms with Crippen LogP contribution in [0.4, 0.5) is 0 Å². The molecule has 0 spiro atoms. The summed E-state index contributed by atoms with van der Waals surface area (Å²) < 4.78 is 5.83. The van der Waals surface area contributed by atoms with Crippen LogP contribution < -0.4 is 0 Å². The molecule has 2 rings (SSSR count). The van der Waals surface area contributed by atoms with Gasteiger partial charge < -0.3 is 20.2 Å². The second-order valence-corrected chi connectivity index (χ2v) is 8.64. The fourth-order valence-electron chi connectivity index (χ4n) is 3.46. The molecule has 1 aliphatic heterocycles. The molecule has 164 valence electrons. The highest BCUT2D eigenvalue weighted by atomic mass is 35.5. The second-order valence-electron chi connectivity index (χ2n) is 8.26. The number of nitrogens with zero attached hydrogens (tertiary/aromatic N) is 1. The molecule has 1 heterocycles. The Balaban J connectivity index is 2.05. The number of carbonyl (C=O) groups is 1. The molecule has 0 bridgehead atoms. The number of hydrogen-bond donors (Lipinski definition) is 3. The molecule has 1 aliphatic rings. The van der Waals surface area contributed by atoms with Gasteiger partial charge in [-0.2, -0.15) is 0 Å². The maximum Gasteiger partial charge on any atom is 0.167 e. The summed E-state index contributed by atoms with van der Waals surface area (Å²) in [6, 6.07) is 0. The van der Waals surface area contributed by atoms with Crippen molar-refractivity contribution >= 4 is 23.6 Å². The summed E-state index contributed by atoms with van der Waals surface area (Å²) in [5, 5.41) is 32.7. The minimum absolute atomic E-state index is 0.122. The van der Waals surface area contributed by atoms with Crippen molar-refractivity contribution in [1.82, 2.24) is 0 Å². The molecule has 0 aliphatic carbocycles. The minimum atomic E-state index is -0.714. The smallest absolute Gasteiger partial charge is 0.167 e. The normalized spacial score (nSPS) is 19.8. The van der Waals surface area contributed by atoms with Gasteiger partial charge in [0.15, 0.2) is 5.78 Å². The standard InChI is InChI=1S/C23H30ClNO5/c1-13(7-6-8-14(2)18-11-19(26)23(4,5)30-18)9-10-16-21(27)17(12-25-29)15(3)20(24)22(16)28/h8-9,12,18,27-29H,6-7,10-11H2,1-5H3/b13-9+,14-8+,25-12-. The van der Waals surface area contributed by atoms with Crippen LogP contribution in [0.1, 0.15) is 63.6 Å². The number of hydrogen-bond acceptors (Lipinski definition) is 6. The van der Waals surface area contributed by atoms with Gasteiger partial charge in [0, 0.05) is 17.5 Å². The molecule has 1 saturated heterocycles. The van der Waals surface area contributed by atoms with E-state index in [0.29, 0.717) is 12.0 Å². The van der Waals surface area contributed by atoms with E-state index in [1.807, 2.05) is 19.9 Å². The van der Waals surface area contributed by atoms with E-state index in [0.717, 1.165) is 30.2 Å². The Morgan fingerprint density at radius 2 is 1.93 bits per heavy atom. The fraction of sp³-hybridized carbons (Fsp3) is 0.478. The van der Waals surface area contributed by atoms with Crippen molar-refractivity contribution in [3.63, 3.8) is 0 Å². The number of carbonyl (C=O) groups excluding carboxylic acids is 1. The third kappa shape index (κ3) is 5.24. The molecular formula is C23H30ClNO5. The third-order valence-corrected chi connectivity index (χ3v) is 6.06. The molecule has 30 heavy (non-hydrogen) atoms. The first-order valence-corrected chi connectivity index (χ1v) is 10.3. The SMILES string of the molecule is C/C(=C\Cc1c(O)c(Cl)c(C)c(/C=N\O)c1O)CC/C=C(\C)C1CC(=O)C(C)(C)O1. The van der Waals surface area contributed by atoms with Crippen molar-refractivity contribution in [2.45, 2.75) is 72.0 Å². The van der Waals surface area contributed by atoms with Crippen LogP contribution >= 0.6 is 11.6 Å². The van der Waals surface area contributed by atoms with Gasteiger partial charge >= 0.3 is 0 Å². The van der Waals surface area contributed by atoms with E-state index < -0.39 is 5.60 Å². The lowest BCUT2D eigenvalue weighted by molar-refractivity contribution is -0.129. The summed E-state index contributed by atoms with van der Waals surface area (Å²) in [4.78, 5) is 11.9. The van der Waals surface area contributed by atoms with Gasteiger partial charge in [-0.3, -0.25) is 4.79 Å². The average Bonchev–Trinajstić information content (AvgIpc) is 2.96. The van der Waals surface area contributed by atoms with E-state index >= 15 is 0 Å². The number of phenols is 2. The molecule has 1 unspecified atom stereocenters. The zero-order valence-corrected chi connectivity index (χ0v) is 18.9. The minimum Gasteiger partial charge on any atom is -0.507 e. The summed E-state index contributed by atoms with van der Waals surface area (Å²) in [6.45, 7) is 9.18. The van der Waals surface area contributed by atoms with Crippen LogP contribution in [-0.2, 0) is 16.0 Å². The number of aromatic hydroxyl groups is 2. The summed E-state index contributed by atoms with van der Waals surface area (Å²) >= 11 is 6.15. The predicted octanol–water partition coefficient (Wildman–Crippen LogP) is 5.22. The van der Waals surface area contributed by atoms with Gasteiger partial charge in [-0.1, -0.05) is 34.5 Å². The van der Waals surface area contributed by atoms with E-state index in [4.69, 9.17) is 21.5 Å². The summed E-state index contributed by atoms with van der Waals surface area (Å²) in [5.41, 5.74) is 2.41. The highest BCUT2D eigenvalue weighted by Gasteiger charge is 2.40. The molecule has 1 atom stereocenters. The van der Waals surface area contributed by atoms with Crippen molar-refractivity contribution in [2.24, 2.45) is 5.16 Å². The summed E-state index contributed by atoms with van der Waals surface area (Å²) in [6.07, 6.45) is 7.22. The van der Waals surface area contributed by atoms with Crippen LogP contribution in [0.2, 0.25) is 5.02 Å². The molecule has 7 heteroatoms. The van der Waals surface area contributed by atoms with Gasteiger partial charge in [-0.15, -0.1) is 0 Å². The molecule has 0 amide bonds. The number of Topliss-reactive ketones (excluding diaryl/α,β-unsaturated/α-hetero) is 1. The molecule has 3 N–H and O–H groups in total. The van der Waals surface area contributed by atoms with Gasteiger partial charge in [0.25, 0.3) is 0 Å². The lowest BCUT2D eigenvalue weighted by atomic mass is 9.98. The number of phenolic OH excluding ortho intramolecular Hbond substituents is 2. The number of ketones is 1. The first-order valence-electron chi connectivity index (χ1n) is 9.93. The highest BCUT2D eigenvalue weighted by molar-refractivity contribution is 6.33. The van der Waals surface area contributed by atoms with Crippen molar-refractivity contribution < 1.29 is 25.0 Å². The number of benzene rings is 1. The summed E-state index contributed by atoms with van der Waals surface area (Å²) in [7, 11) is 0. The van der Waals surface area contributed by atoms with Gasteiger partial charge in [0.05, 0.1) is 17.3 Å². The van der Waals surface area contributed by atoms with Crippen molar-refractivity contribution in [2.75, 3.05) is 0 Å². The Kier molecular flexibility index (Phi) is 7.72. The van der Waals surface area contributed by atoms with Crippen LogP contribution in [0.15, 0.2) is 28.5 Å². The quantitative estimate of drug-likeness (QED) is 0.236. The lowest BCUT2D eigenvalue weighted by Crippen LogP contribution is -2.27. The van der Waals surface area contributed by atoms with E-state index in [9.17, 15) is 15.0 Å². The monoisotopic (exact) mass is 435 g/mol. The molecule has 1 aromatic carbocycles. The maximum atomic E-state index is 11.9. The number of halogens is 1. The number of oxime groups is 1. The van der Waals surface area contributed by atoms with Crippen molar-refractivity contribution in [1.29, 1.82) is 0 Å². The molecule has 0 aromatic heterocycles. The molecular weight excluding hydrogens is 406 g/mol. The van der Waals surface area contributed by atoms with Crippen molar-refractivity contribution in [3.05, 3.63) is 45.0 Å². The van der Waals surface area contributed by atoms with Gasteiger partial charge in [0.1, 0.15) is 17.1 Å². The second kappa shape index (κ2) is 9.67. The van der Waals surface area contributed by atoms with Gasteiger partial charge in [-0.05, 0) is 65.0 Å². The Morgan fingerprint density at radius 3 is 2.50 bits per heavy atom. The van der Waals surface area contributed by atoms with E-state index in [1.165, 1.54) is 0 Å². The fourth-order valence-corrected chi connectivity index (χ4v) is 3.67. The number of allylic oxidation sites excluding steroid dienone is 3. The van der Waals surface area contributed by atoms with Crippen LogP contribution in [0, 0.1) is 6.92 Å². The Morgan fingerprint density at radius 1 is 1.27 bits per heavy atom. The van der Waals surface area contributed by atoms with Crippen LogP contribution in [0.3, 0.4) is 0 Å². The molecule has 0 saturated carbocycles. The highest BCUT2D eigenvalue weighted by Crippen LogP contribution is 2.40. The molecule has 1 aromatic rings. The number of rotatable bonds is 7. The Bertz CT molecular complexity index is 915. The van der Waals surface area contributed by atoms with Crippen LogP contribution in [-0.4, -0.2) is 39.1 Å². The molecule has 1 fully saturated rings. The molecule has 6 nitrogen and oxygen atoms in total. The van der Waals surface area contributed by atoms with E-state index in [-0.39, 0.29) is 46.0 Å². The first-order chi connectivity index (χ1) is 14.0. The zero-order valence-electron chi connectivity index (χ0n) is 18.1.